The Morgan fingerprint density at radius 2 is 1.68 bits per heavy atom. The van der Waals surface area contributed by atoms with Gasteiger partial charge in [0.15, 0.2) is 0 Å². The van der Waals surface area contributed by atoms with Crippen LogP contribution in [0.15, 0.2) is 24.3 Å². The molecule has 1 N–H and O–H groups in total. The molecule has 0 atom stereocenters. The third-order valence-corrected chi connectivity index (χ3v) is 5.39. The average Bonchev–Trinajstić information content (AvgIpc) is 2.41. The van der Waals surface area contributed by atoms with Crippen LogP contribution in [0.2, 0.25) is 12.1 Å². The lowest BCUT2D eigenvalue weighted by Crippen LogP contribution is -1.96. The van der Waals surface area contributed by atoms with Gasteiger partial charge in [-0.1, -0.05) is 50.9 Å². The number of aromatic carboxylic acids is 1. The SMILES string of the molecule is CCC[SiH2]CCC.O=C(O)c1ccc(CCCl)cc1. The second-order valence-corrected chi connectivity index (χ2v) is 7.00. The smallest absolute Gasteiger partial charge is 0.335 e. The van der Waals surface area contributed by atoms with E-state index in [1.165, 1.54) is 12.8 Å². The molecule has 1 rings (SSSR count). The Balaban J connectivity index is 0.000000399. The van der Waals surface area contributed by atoms with Crippen LogP contribution >= 0.6 is 11.6 Å². The van der Waals surface area contributed by atoms with Gasteiger partial charge in [-0.05, 0) is 24.1 Å². The molecule has 0 aromatic heterocycles. The van der Waals surface area contributed by atoms with Crippen molar-refractivity contribution in [1.29, 1.82) is 0 Å². The van der Waals surface area contributed by atoms with Gasteiger partial charge in [0.05, 0.1) is 5.56 Å². The fourth-order valence-corrected chi connectivity index (χ4v) is 3.17. The largest absolute Gasteiger partial charge is 0.478 e. The molecule has 0 aliphatic rings. The van der Waals surface area contributed by atoms with Gasteiger partial charge in [-0.15, -0.1) is 11.6 Å². The van der Waals surface area contributed by atoms with Crippen molar-refractivity contribution in [3.8, 4) is 0 Å². The molecular formula is C15H25ClO2Si. The van der Waals surface area contributed by atoms with Crippen molar-refractivity contribution in [2.45, 2.75) is 45.2 Å². The standard InChI is InChI=1S/C9H9ClO2.C6H16Si/c10-6-5-7-1-3-8(4-2-7)9(11)12;1-3-5-7-6-4-2/h1-4H,5-6H2,(H,11,12);3-7H2,1-2H3. The molecule has 0 amide bonds. The molecule has 0 radical (unpaired) electrons. The topological polar surface area (TPSA) is 37.3 Å². The molecule has 0 spiro atoms. The van der Waals surface area contributed by atoms with E-state index in [-0.39, 0.29) is 0 Å². The summed E-state index contributed by atoms with van der Waals surface area (Å²) in [4.78, 5) is 10.4. The first-order valence-corrected chi connectivity index (χ1v) is 9.57. The minimum Gasteiger partial charge on any atom is -0.478 e. The molecule has 0 saturated heterocycles. The molecule has 1 aromatic carbocycles. The van der Waals surface area contributed by atoms with E-state index in [2.05, 4.69) is 13.8 Å². The predicted molar refractivity (Wildman–Crippen MR) is 86.6 cm³/mol. The number of carboxylic acid groups (broad SMARTS) is 1. The van der Waals surface area contributed by atoms with Crippen LogP contribution in [0.1, 0.15) is 42.6 Å². The summed E-state index contributed by atoms with van der Waals surface area (Å²) in [6.45, 7) is 4.56. The highest BCUT2D eigenvalue weighted by atomic mass is 35.5. The van der Waals surface area contributed by atoms with Gasteiger partial charge < -0.3 is 5.11 Å². The second-order valence-electron chi connectivity index (χ2n) is 4.50. The fourth-order valence-electron chi connectivity index (χ4n) is 1.60. The van der Waals surface area contributed by atoms with E-state index < -0.39 is 5.97 Å². The van der Waals surface area contributed by atoms with Crippen molar-refractivity contribution >= 4 is 27.1 Å². The summed E-state index contributed by atoms with van der Waals surface area (Å²) in [7, 11) is 0.411. The molecule has 0 fully saturated rings. The van der Waals surface area contributed by atoms with Gasteiger partial charge in [-0.25, -0.2) is 4.79 Å². The Morgan fingerprint density at radius 3 is 2.05 bits per heavy atom. The molecule has 0 heterocycles. The van der Waals surface area contributed by atoms with Gasteiger partial charge in [-0.3, -0.25) is 0 Å². The zero-order chi connectivity index (χ0) is 14.5. The Morgan fingerprint density at radius 1 is 1.16 bits per heavy atom. The summed E-state index contributed by atoms with van der Waals surface area (Å²) in [5.74, 6) is -0.334. The highest BCUT2D eigenvalue weighted by Crippen LogP contribution is 2.05. The van der Waals surface area contributed by atoms with E-state index in [1.54, 1.807) is 36.4 Å². The molecular weight excluding hydrogens is 276 g/mol. The maximum atomic E-state index is 10.4. The minimum absolute atomic E-state index is 0.313. The summed E-state index contributed by atoms with van der Waals surface area (Å²) in [6, 6.07) is 9.87. The lowest BCUT2D eigenvalue weighted by atomic mass is 10.1. The van der Waals surface area contributed by atoms with Crippen LogP contribution in [0.25, 0.3) is 0 Å². The summed E-state index contributed by atoms with van der Waals surface area (Å²) in [5.41, 5.74) is 1.38. The van der Waals surface area contributed by atoms with Gasteiger partial charge in [0.1, 0.15) is 0 Å². The molecule has 19 heavy (non-hydrogen) atoms. The molecule has 0 saturated carbocycles. The predicted octanol–water partition coefficient (Wildman–Crippen LogP) is 3.98. The normalized spacial score (nSPS) is 9.63. The minimum atomic E-state index is -0.896. The van der Waals surface area contributed by atoms with Crippen molar-refractivity contribution in [3.05, 3.63) is 35.4 Å². The molecule has 2 nitrogen and oxygen atoms in total. The Hall–Kier alpha value is -0.803. The molecule has 0 unspecified atom stereocenters. The molecule has 0 aliphatic heterocycles. The Kier molecular flexibility index (Phi) is 11.7. The van der Waals surface area contributed by atoms with E-state index in [1.807, 2.05) is 0 Å². The van der Waals surface area contributed by atoms with Crippen molar-refractivity contribution < 1.29 is 9.90 Å². The lowest BCUT2D eigenvalue weighted by Gasteiger charge is -1.97. The number of aryl methyl sites for hydroxylation is 1. The van der Waals surface area contributed by atoms with E-state index in [9.17, 15) is 4.79 Å². The van der Waals surface area contributed by atoms with Crippen LogP contribution < -0.4 is 0 Å². The number of benzene rings is 1. The van der Waals surface area contributed by atoms with Crippen LogP contribution in [0.4, 0.5) is 0 Å². The maximum Gasteiger partial charge on any atom is 0.335 e. The molecule has 0 bridgehead atoms. The first kappa shape index (κ1) is 18.2. The fraction of sp³-hybridized carbons (Fsp3) is 0.533. The number of hydrogen-bond acceptors (Lipinski definition) is 1. The Bertz CT molecular complexity index is 335. The van der Waals surface area contributed by atoms with Crippen molar-refractivity contribution in [1.82, 2.24) is 0 Å². The third kappa shape index (κ3) is 9.74. The molecule has 1 aromatic rings. The van der Waals surface area contributed by atoms with E-state index in [0.29, 0.717) is 21.0 Å². The number of carboxylic acids is 1. The van der Waals surface area contributed by atoms with Gasteiger partial charge in [0.2, 0.25) is 0 Å². The number of carbonyl (C=O) groups is 1. The summed E-state index contributed by atoms with van der Waals surface area (Å²) in [5, 5.41) is 8.58. The number of rotatable bonds is 7. The highest BCUT2D eigenvalue weighted by molar-refractivity contribution is 6.35. The van der Waals surface area contributed by atoms with Crippen LogP contribution in [0.3, 0.4) is 0 Å². The van der Waals surface area contributed by atoms with E-state index in [0.717, 1.165) is 12.0 Å². The van der Waals surface area contributed by atoms with Crippen LogP contribution in [-0.2, 0) is 6.42 Å². The first-order valence-electron chi connectivity index (χ1n) is 7.03. The number of alkyl halides is 1. The Labute approximate surface area is 124 Å². The highest BCUT2D eigenvalue weighted by Gasteiger charge is 2.00. The maximum absolute atomic E-state index is 10.4. The summed E-state index contributed by atoms with van der Waals surface area (Å²) in [6.07, 6.45) is 3.62. The zero-order valence-corrected chi connectivity index (χ0v) is 14.2. The third-order valence-electron chi connectivity index (χ3n) is 2.79. The molecule has 108 valence electrons. The van der Waals surface area contributed by atoms with Crippen LogP contribution in [-0.4, -0.2) is 26.5 Å². The van der Waals surface area contributed by atoms with Crippen LogP contribution in [0, 0.1) is 0 Å². The quantitative estimate of drug-likeness (QED) is 0.470. The van der Waals surface area contributed by atoms with Gasteiger partial charge >= 0.3 is 5.97 Å². The van der Waals surface area contributed by atoms with Crippen molar-refractivity contribution in [3.63, 3.8) is 0 Å². The van der Waals surface area contributed by atoms with Crippen LogP contribution in [0.5, 0.6) is 0 Å². The first-order chi connectivity index (χ1) is 9.15. The number of halogens is 1. The lowest BCUT2D eigenvalue weighted by molar-refractivity contribution is 0.0697. The summed E-state index contributed by atoms with van der Waals surface area (Å²) >= 11 is 5.52. The van der Waals surface area contributed by atoms with Crippen molar-refractivity contribution in [2.75, 3.05) is 5.88 Å². The van der Waals surface area contributed by atoms with Crippen molar-refractivity contribution in [2.24, 2.45) is 0 Å². The average molecular weight is 301 g/mol. The summed E-state index contributed by atoms with van der Waals surface area (Å²) < 4.78 is 0. The van der Waals surface area contributed by atoms with Gasteiger partial charge in [-0.2, -0.15) is 0 Å². The molecule has 0 aliphatic carbocycles. The number of hydrogen-bond donors (Lipinski definition) is 1. The van der Waals surface area contributed by atoms with E-state index in [4.69, 9.17) is 16.7 Å². The zero-order valence-electron chi connectivity index (χ0n) is 12.0. The molecule has 4 heteroatoms. The van der Waals surface area contributed by atoms with Gasteiger partial charge in [0, 0.05) is 15.4 Å². The monoisotopic (exact) mass is 300 g/mol. The van der Waals surface area contributed by atoms with Gasteiger partial charge in [0.25, 0.3) is 0 Å². The van der Waals surface area contributed by atoms with E-state index >= 15 is 0 Å². The second kappa shape index (κ2) is 12.2.